The minimum Gasteiger partial charge on any atom is -0.381 e. The van der Waals surface area contributed by atoms with Gasteiger partial charge in [0.2, 0.25) is 5.91 Å². The summed E-state index contributed by atoms with van der Waals surface area (Å²) in [5, 5.41) is 9.96. The summed E-state index contributed by atoms with van der Waals surface area (Å²) in [6.45, 7) is 5.87. The smallest absolute Gasteiger partial charge is 0.242 e. The van der Waals surface area contributed by atoms with E-state index in [4.69, 9.17) is 9.26 Å². The zero-order valence-electron chi connectivity index (χ0n) is 14.7. The molecule has 1 aromatic heterocycles. The molecule has 1 atom stereocenters. The molecule has 0 radical (unpaired) electrons. The van der Waals surface area contributed by atoms with Gasteiger partial charge in [0.15, 0.2) is 5.82 Å². The van der Waals surface area contributed by atoms with Crippen molar-refractivity contribution in [2.45, 2.75) is 38.1 Å². The molecule has 134 valence electrons. The molecule has 2 N–H and O–H groups in total. The van der Waals surface area contributed by atoms with Crippen LogP contribution < -0.4 is 10.6 Å². The number of hydrogen-bond donors (Lipinski definition) is 2. The van der Waals surface area contributed by atoms with Crippen molar-refractivity contribution in [2.24, 2.45) is 0 Å². The van der Waals surface area contributed by atoms with Crippen molar-refractivity contribution in [3.8, 4) is 0 Å². The third-order valence-electron chi connectivity index (χ3n) is 4.86. The lowest BCUT2D eigenvalue weighted by atomic mass is 9.74. The summed E-state index contributed by atoms with van der Waals surface area (Å²) in [5.74, 6) is 0.990. The molecule has 6 heteroatoms. The van der Waals surface area contributed by atoms with E-state index in [1.165, 1.54) is 5.56 Å². The van der Waals surface area contributed by atoms with E-state index in [9.17, 15) is 4.79 Å². The number of benzene rings is 1. The number of aromatic nitrogens is 1. The minimum absolute atomic E-state index is 0.00146. The van der Waals surface area contributed by atoms with E-state index in [0.29, 0.717) is 11.6 Å². The molecule has 1 aliphatic rings. The van der Waals surface area contributed by atoms with Crippen molar-refractivity contribution in [1.29, 1.82) is 0 Å². The van der Waals surface area contributed by atoms with Gasteiger partial charge in [-0.1, -0.05) is 35.5 Å². The molecule has 2 heterocycles. The Morgan fingerprint density at radius 3 is 2.64 bits per heavy atom. The Balaban J connectivity index is 1.63. The topological polar surface area (TPSA) is 76.4 Å². The van der Waals surface area contributed by atoms with Gasteiger partial charge in [-0.2, -0.15) is 0 Å². The molecule has 0 saturated carbocycles. The summed E-state index contributed by atoms with van der Waals surface area (Å²) in [7, 11) is 0. The number of ether oxygens (including phenoxy) is 1. The monoisotopic (exact) mass is 343 g/mol. The molecule has 0 spiro atoms. The summed E-state index contributed by atoms with van der Waals surface area (Å²) in [6, 6.07) is 11.9. The zero-order valence-corrected chi connectivity index (χ0v) is 14.7. The molecule has 3 rings (SSSR count). The van der Waals surface area contributed by atoms with Crippen LogP contribution >= 0.6 is 0 Å². The Kier molecular flexibility index (Phi) is 5.50. The Labute approximate surface area is 147 Å². The number of rotatable bonds is 6. The van der Waals surface area contributed by atoms with Crippen LogP contribution in [0.1, 0.15) is 31.1 Å². The Morgan fingerprint density at radius 1 is 1.28 bits per heavy atom. The lowest BCUT2D eigenvalue weighted by molar-refractivity contribution is -0.117. The Bertz CT molecular complexity index is 693. The first-order chi connectivity index (χ1) is 12.1. The van der Waals surface area contributed by atoms with Crippen molar-refractivity contribution in [1.82, 2.24) is 10.5 Å². The lowest BCUT2D eigenvalue weighted by Gasteiger charge is -2.38. The van der Waals surface area contributed by atoms with Crippen LogP contribution in [-0.4, -0.2) is 36.9 Å². The second kappa shape index (κ2) is 7.80. The molecule has 1 aromatic carbocycles. The zero-order chi connectivity index (χ0) is 17.7. The quantitative estimate of drug-likeness (QED) is 0.843. The maximum Gasteiger partial charge on any atom is 0.242 e. The fourth-order valence-electron chi connectivity index (χ4n) is 3.22. The highest BCUT2D eigenvalue weighted by Gasteiger charge is 2.34. The molecule has 0 unspecified atom stereocenters. The van der Waals surface area contributed by atoms with Gasteiger partial charge in [-0.05, 0) is 32.3 Å². The first-order valence-corrected chi connectivity index (χ1v) is 8.70. The van der Waals surface area contributed by atoms with Gasteiger partial charge < -0.3 is 19.9 Å². The summed E-state index contributed by atoms with van der Waals surface area (Å²) in [4.78, 5) is 12.4. The fourth-order valence-corrected chi connectivity index (χ4v) is 3.22. The van der Waals surface area contributed by atoms with Gasteiger partial charge in [0.1, 0.15) is 5.76 Å². The molecule has 25 heavy (non-hydrogen) atoms. The fraction of sp³-hybridized carbons (Fsp3) is 0.474. The number of nitrogens with one attached hydrogen (secondary N) is 2. The number of carbonyl (C=O) groups is 1. The van der Waals surface area contributed by atoms with Gasteiger partial charge in [0, 0.05) is 31.2 Å². The molecule has 1 fully saturated rings. The maximum absolute atomic E-state index is 12.4. The largest absolute Gasteiger partial charge is 0.381 e. The second-order valence-electron chi connectivity index (χ2n) is 6.67. The number of anilines is 1. The first kappa shape index (κ1) is 17.6. The van der Waals surface area contributed by atoms with Crippen molar-refractivity contribution in [2.75, 3.05) is 25.1 Å². The molecule has 1 amide bonds. The van der Waals surface area contributed by atoms with Crippen LogP contribution in [0, 0.1) is 6.92 Å². The normalized spacial score (nSPS) is 17.8. The minimum atomic E-state index is -0.333. The summed E-state index contributed by atoms with van der Waals surface area (Å²) < 4.78 is 10.5. The van der Waals surface area contributed by atoms with Crippen LogP contribution in [0.4, 0.5) is 5.82 Å². The van der Waals surface area contributed by atoms with Gasteiger partial charge >= 0.3 is 0 Å². The molecule has 6 nitrogen and oxygen atoms in total. The summed E-state index contributed by atoms with van der Waals surface area (Å²) in [6.07, 6.45) is 1.89. The van der Waals surface area contributed by atoms with Crippen LogP contribution in [0.2, 0.25) is 0 Å². The highest BCUT2D eigenvalue weighted by Crippen LogP contribution is 2.34. The predicted molar refractivity (Wildman–Crippen MR) is 95.5 cm³/mol. The van der Waals surface area contributed by atoms with Crippen molar-refractivity contribution in [3.63, 3.8) is 0 Å². The van der Waals surface area contributed by atoms with E-state index in [0.717, 1.165) is 32.6 Å². The standard InChI is InChI=1S/C19H25N3O3/c1-14-12-17(22-25-14)21-18(23)15(2)20-13-19(8-10-24-11-9-19)16-6-4-3-5-7-16/h3-7,12,15,20H,8-11,13H2,1-2H3,(H,21,22,23)/t15-/m1/s1. The molecule has 1 aliphatic heterocycles. The Hall–Kier alpha value is -2.18. The van der Waals surface area contributed by atoms with Gasteiger partial charge in [-0.15, -0.1) is 0 Å². The van der Waals surface area contributed by atoms with Gasteiger partial charge in [0.25, 0.3) is 0 Å². The van der Waals surface area contributed by atoms with Crippen molar-refractivity contribution >= 4 is 11.7 Å². The number of hydrogen-bond acceptors (Lipinski definition) is 5. The molecular weight excluding hydrogens is 318 g/mol. The van der Waals surface area contributed by atoms with Crippen LogP contribution in [0.3, 0.4) is 0 Å². The van der Waals surface area contributed by atoms with E-state index in [-0.39, 0.29) is 17.4 Å². The van der Waals surface area contributed by atoms with Crippen LogP contribution in [0.5, 0.6) is 0 Å². The van der Waals surface area contributed by atoms with Crippen molar-refractivity contribution < 1.29 is 14.1 Å². The lowest BCUT2D eigenvalue weighted by Crippen LogP contribution is -2.48. The first-order valence-electron chi connectivity index (χ1n) is 8.70. The van der Waals surface area contributed by atoms with Crippen LogP contribution in [0.15, 0.2) is 40.9 Å². The number of amides is 1. The van der Waals surface area contributed by atoms with Crippen LogP contribution in [-0.2, 0) is 14.9 Å². The third-order valence-corrected chi connectivity index (χ3v) is 4.86. The van der Waals surface area contributed by atoms with E-state index >= 15 is 0 Å². The van der Waals surface area contributed by atoms with Crippen molar-refractivity contribution in [3.05, 3.63) is 47.7 Å². The molecule has 0 bridgehead atoms. The number of carbonyl (C=O) groups excluding carboxylic acids is 1. The summed E-state index contributed by atoms with van der Waals surface area (Å²) >= 11 is 0. The third kappa shape index (κ3) is 4.27. The molecule has 2 aromatic rings. The SMILES string of the molecule is Cc1cc(NC(=O)[C@@H](C)NCC2(c3ccccc3)CCOCC2)no1. The van der Waals surface area contributed by atoms with E-state index in [1.54, 1.807) is 13.0 Å². The maximum atomic E-state index is 12.4. The second-order valence-corrected chi connectivity index (χ2v) is 6.67. The highest BCUT2D eigenvalue weighted by atomic mass is 16.5. The molecular formula is C19H25N3O3. The van der Waals surface area contributed by atoms with E-state index in [1.807, 2.05) is 13.0 Å². The van der Waals surface area contributed by atoms with Gasteiger partial charge in [-0.3, -0.25) is 4.79 Å². The number of nitrogens with zero attached hydrogens (tertiary/aromatic N) is 1. The van der Waals surface area contributed by atoms with Crippen LogP contribution in [0.25, 0.3) is 0 Å². The summed E-state index contributed by atoms with van der Waals surface area (Å²) in [5.41, 5.74) is 1.30. The highest BCUT2D eigenvalue weighted by molar-refractivity contribution is 5.93. The average molecular weight is 343 g/mol. The molecule has 1 saturated heterocycles. The Morgan fingerprint density at radius 2 is 2.00 bits per heavy atom. The number of aryl methyl sites for hydroxylation is 1. The molecule has 0 aliphatic carbocycles. The van der Waals surface area contributed by atoms with Gasteiger partial charge in [0.05, 0.1) is 6.04 Å². The van der Waals surface area contributed by atoms with E-state index < -0.39 is 0 Å². The van der Waals surface area contributed by atoms with Gasteiger partial charge in [-0.25, -0.2) is 0 Å². The average Bonchev–Trinajstić information content (AvgIpc) is 3.06. The van der Waals surface area contributed by atoms with E-state index in [2.05, 4.69) is 40.1 Å². The predicted octanol–water partition coefficient (Wildman–Crippen LogP) is 2.65.